The second-order valence-electron chi connectivity index (χ2n) is 1.13. The van der Waals surface area contributed by atoms with Crippen molar-refractivity contribution in [3.8, 4) is 0 Å². The third-order valence-electron chi connectivity index (χ3n) is 0.465. The topological polar surface area (TPSA) is 17.1 Å². The molecule has 0 aromatic heterocycles. The van der Waals surface area contributed by atoms with E-state index in [9.17, 15) is 4.79 Å². The Labute approximate surface area is 73.0 Å². The molecule has 0 fully saturated rings. The summed E-state index contributed by atoms with van der Waals surface area (Å²) >= 11 is 16.5. The van der Waals surface area contributed by atoms with Gasteiger partial charge in [-0.15, -0.1) is 0 Å². The van der Waals surface area contributed by atoms with Gasteiger partial charge in [-0.05, 0) is 6.92 Å². The second kappa shape index (κ2) is 3.91. The first-order valence-electron chi connectivity index (χ1n) is 2.01. The van der Waals surface area contributed by atoms with Gasteiger partial charge in [0.05, 0.1) is 0 Å². The smallest absolute Gasteiger partial charge is 0.259 e. The third-order valence-corrected chi connectivity index (χ3v) is 2.09. The summed E-state index contributed by atoms with van der Waals surface area (Å²) in [5.74, 6) is 0.382. The predicted molar refractivity (Wildman–Crippen MR) is 43.1 cm³/mol. The van der Waals surface area contributed by atoms with Crippen molar-refractivity contribution in [2.24, 2.45) is 0 Å². The molecule has 9 heavy (non-hydrogen) atoms. The molecular formula is C4H4Cl3OS. The summed E-state index contributed by atoms with van der Waals surface area (Å²) < 4.78 is -1.79. The predicted octanol–water partition coefficient (Wildman–Crippen LogP) is 2.45. The number of thioether (sulfide) groups is 1. The summed E-state index contributed by atoms with van der Waals surface area (Å²) in [4.78, 5) is 10.6. The molecule has 0 spiro atoms. The summed E-state index contributed by atoms with van der Waals surface area (Å²) in [5, 5.41) is -0.484. The van der Waals surface area contributed by atoms with E-state index in [0.717, 1.165) is 11.8 Å². The summed E-state index contributed by atoms with van der Waals surface area (Å²) in [6.45, 7) is 3.41. The van der Waals surface area contributed by atoms with E-state index in [-0.39, 0.29) is 0 Å². The van der Waals surface area contributed by atoms with Crippen molar-refractivity contribution in [1.29, 1.82) is 0 Å². The normalized spacial score (nSPS) is 11.6. The Morgan fingerprint density at radius 1 is 1.56 bits per heavy atom. The van der Waals surface area contributed by atoms with Gasteiger partial charge in [-0.3, -0.25) is 4.79 Å². The molecule has 0 aromatic carbocycles. The SMILES string of the molecule is [CH2]CSC(=O)C(Cl)(Cl)Cl. The van der Waals surface area contributed by atoms with E-state index in [0.29, 0.717) is 5.75 Å². The van der Waals surface area contributed by atoms with Gasteiger partial charge in [0.25, 0.3) is 3.79 Å². The van der Waals surface area contributed by atoms with Gasteiger partial charge in [0.1, 0.15) is 0 Å². The van der Waals surface area contributed by atoms with Crippen LogP contribution in [0.3, 0.4) is 0 Å². The van der Waals surface area contributed by atoms with Gasteiger partial charge < -0.3 is 0 Å². The van der Waals surface area contributed by atoms with Crippen LogP contribution in [0, 0.1) is 6.92 Å². The van der Waals surface area contributed by atoms with Gasteiger partial charge in [-0.25, -0.2) is 0 Å². The van der Waals surface area contributed by atoms with Gasteiger partial charge in [-0.2, -0.15) is 0 Å². The third kappa shape index (κ3) is 4.31. The highest BCUT2D eigenvalue weighted by Gasteiger charge is 2.29. The minimum Gasteiger partial charge on any atom is -0.282 e. The maximum absolute atomic E-state index is 10.6. The molecule has 0 rings (SSSR count). The summed E-state index contributed by atoms with van der Waals surface area (Å²) in [6, 6.07) is 0. The number of rotatable bonds is 1. The molecule has 0 amide bonds. The lowest BCUT2D eigenvalue weighted by molar-refractivity contribution is -0.110. The minimum absolute atomic E-state index is 0.382. The molecule has 0 aliphatic heterocycles. The average molecular weight is 207 g/mol. The Hall–Kier alpha value is 0.890. The lowest BCUT2D eigenvalue weighted by Gasteiger charge is -2.05. The number of carbonyl (C=O) groups excluding carboxylic acids is 1. The summed E-state index contributed by atoms with van der Waals surface area (Å²) in [5.41, 5.74) is 0. The molecule has 0 aliphatic carbocycles. The van der Waals surface area contributed by atoms with Crippen LogP contribution in [0.2, 0.25) is 0 Å². The summed E-state index contributed by atoms with van der Waals surface area (Å²) in [6.07, 6.45) is 0. The molecule has 0 saturated carbocycles. The van der Waals surface area contributed by atoms with Crippen molar-refractivity contribution in [2.75, 3.05) is 5.75 Å². The number of hydrogen-bond acceptors (Lipinski definition) is 2. The fourth-order valence-corrected chi connectivity index (χ4v) is 1.01. The van der Waals surface area contributed by atoms with E-state index in [2.05, 4.69) is 6.92 Å². The van der Waals surface area contributed by atoms with Gasteiger partial charge in [0.2, 0.25) is 5.12 Å². The fraction of sp³-hybridized carbons (Fsp3) is 0.500. The van der Waals surface area contributed by atoms with Crippen molar-refractivity contribution < 1.29 is 4.79 Å². The number of halogens is 3. The molecule has 53 valence electrons. The Morgan fingerprint density at radius 3 is 2.11 bits per heavy atom. The highest BCUT2D eigenvalue weighted by molar-refractivity contribution is 8.14. The van der Waals surface area contributed by atoms with Gasteiger partial charge in [0.15, 0.2) is 0 Å². The average Bonchev–Trinajstić information content (AvgIpc) is 1.64. The standard InChI is InChI=1S/C4H4Cl3OS/c1-2-9-3(8)4(5,6)7/h1-2H2. The Bertz CT molecular complexity index is 109. The van der Waals surface area contributed by atoms with Crippen LogP contribution in [0.15, 0.2) is 0 Å². The highest BCUT2D eigenvalue weighted by Crippen LogP contribution is 2.31. The van der Waals surface area contributed by atoms with Crippen molar-refractivity contribution >= 4 is 51.7 Å². The molecule has 1 radical (unpaired) electrons. The first-order chi connectivity index (χ1) is 3.98. The Balaban J connectivity index is 3.74. The van der Waals surface area contributed by atoms with Crippen LogP contribution in [0.4, 0.5) is 0 Å². The van der Waals surface area contributed by atoms with Crippen LogP contribution in [0.25, 0.3) is 0 Å². The van der Waals surface area contributed by atoms with E-state index in [4.69, 9.17) is 34.8 Å². The highest BCUT2D eigenvalue weighted by atomic mass is 35.6. The molecule has 0 saturated heterocycles. The van der Waals surface area contributed by atoms with Crippen LogP contribution < -0.4 is 0 Å². The molecule has 0 aromatic rings. The van der Waals surface area contributed by atoms with Crippen LogP contribution in [-0.4, -0.2) is 14.7 Å². The van der Waals surface area contributed by atoms with E-state index < -0.39 is 8.91 Å². The second-order valence-corrected chi connectivity index (χ2v) is 4.48. The van der Waals surface area contributed by atoms with Gasteiger partial charge in [-0.1, -0.05) is 46.6 Å². The molecule has 0 bridgehead atoms. The lowest BCUT2D eigenvalue weighted by atomic mass is 10.9. The minimum atomic E-state index is -1.79. The van der Waals surface area contributed by atoms with Gasteiger partial charge >= 0.3 is 0 Å². The maximum Gasteiger partial charge on any atom is 0.259 e. The molecule has 0 N–H and O–H groups in total. The van der Waals surface area contributed by atoms with E-state index in [1.54, 1.807) is 0 Å². The molecule has 0 atom stereocenters. The van der Waals surface area contributed by atoms with E-state index >= 15 is 0 Å². The monoisotopic (exact) mass is 205 g/mol. The van der Waals surface area contributed by atoms with Crippen molar-refractivity contribution in [3.05, 3.63) is 6.92 Å². The number of alkyl halides is 3. The number of carbonyl (C=O) groups is 1. The summed E-state index contributed by atoms with van der Waals surface area (Å²) in [7, 11) is 0. The van der Waals surface area contributed by atoms with Crippen LogP contribution in [0.5, 0.6) is 0 Å². The van der Waals surface area contributed by atoms with Crippen molar-refractivity contribution in [2.45, 2.75) is 3.79 Å². The zero-order chi connectivity index (χ0) is 7.49. The van der Waals surface area contributed by atoms with Crippen LogP contribution in [0.1, 0.15) is 0 Å². The maximum atomic E-state index is 10.6. The van der Waals surface area contributed by atoms with Crippen LogP contribution >= 0.6 is 46.6 Å². The van der Waals surface area contributed by atoms with Gasteiger partial charge in [0, 0.05) is 5.75 Å². The molecule has 0 aliphatic rings. The lowest BCUT2D eigenvalue weighted by Crippen LogP contribution is -2.14. The Kier molecular flexibility index (Phi) is 4.30. The zero-order valence-corrected chi connectivity index (χ0v) is 7.45. The largest absolute Gasteiger partial charge is 0.282 e. The molecule has 0 heterocycles. The molecular weight excluding hydrogens is 202 g/mol. The fourth-order valence-electron chi connectivity index (χ4n) is 0.175. The van der Waals surface area contributed by atoms with Crippen LogP contribution in [-0.2, 0) is 4.79 Å². The number of hydrogen-bond donors (Lipinski definition) is 0. The Morgan fingerprint density at radius 2 is 2.00 bits per heavy atom. The molecule has 0 unspecified atom stereocenters. The first-order valence-corrected chi connectivity index (χ1v) is 4.13. The zero-order valence-electron chi connectivity index (χ0n) is 4.36. The van der Waals surface area contributed by atoms with E-state index in [1.807, 2.05) is 0 Å². The van der Waals surface area contributed by atoms with Crippen molar-refractivity contribution in [3.63, 3.8) is 0 Å². The molecule has 1 nitrogen and oxygen atoms in total. The first kappa shape index (κ1) is 9.89. The quantitative estimate of drug-likeness (QED) is 0.613. The molecule has 5 heteroatoms. The van der Waals surface area contributed by atoms with Crippen molar-refractivity contribution in [1.82, 2.24) is 0 Å². The van der Waals surface area contributed by atoms with E-state index in [1.165, 1.54) is 0 Å².